The van der Waals surface area contributed by atoms with Gasteiger partial charge in [-0.2, -0.15) is 0 Å². The van der Waals surface area contributed by atoms with Crippen molar-refractivity contribution in [3.63, 3.8) is 0 Å². The Morgan fingerprint density at radius 2 is 1.78 bits per heavy atom. The molecule has 0 saturated carbocycles. The summed E-state index contributed by atoms with van der Waals surface area (Å²) in [5, 5.41) is 0.776. The zero-order valence-electron chi connectivity index (χ0n) is 16.0. The van der Waals surface area contributed by atoms with Gasteiger partial charge in [-0.3, -0.25) is 9.69 Å². The van der Waals surface area contributed by atoms with Gasteiger partial charge in [-0.15, -0.1) is 0 Å². The summed E-state index contributed by atoms with van der Waals surface area (Å²) in [6.07, 6.45) is 0.581. The molecule has 1 fully saturated rings. The summed E-state index contributed by atoms with van der Waals surface area (Å²) < 4.78 is 0. The Labute approximate surface area is 167 Å². The van der Waals surface area contributed by atoms with Crippen molar-refractivity contribution >= 4 is 23.2 Å². The number of anilines is 1. The molecule has 0 spiro atoms. The van der Waals surface area contributed by atoms with E-state index in [0.717, 1.165) is 44.3 Å². The summed E-state index contributed by atoms with van der Waals surface area (Å²) in [4.78, 5) is 19.3. The first-order valence-electron chi connectivity index (χ1n) is 9.70. The van der Waals surface area contributed by atoms with Crippen molar-refractivity contribution in [3.8, 4) is 0 Å². The number of nitrogens with zero attached hydrogens (tertiary/aromatic N) is 3. The van der Waals surface area contributed by atoms with Crippen molar-refractivity contribution in [2.24, 2.45) is 0 Å². The maximum atomic E-state index is 12.6. The minimum absolute atomic E-state index is 0.235. The van der Waals surface area contributed by atoms with E-state index in [9.17, 15) is 4.79 Å². The number of amides is 1. The third-order valence-electron chi connectivity index (χ3n) is 5.14. The maximum Gasteiger partial charge on any atom is 0.224 e. The van der Waals surface area contributed by atoms with Gasteiger partial charge in [0.2, 0.25) is 5.91 Å². The molecule has 0 radical (unpaired) electrons. The molecule has 27 heavy (non-hydrogen) atoms. The first-order chi connectivity index (χ1) is 13.2. The first kappa shape index (κ1) is 19.7. The number of rotatable bonds is 7. The molecule has 144 valence electrons. The van der Waals surface area contributed by atoms with Crippen LogP contribution in [0.3, 0.4) is 0 Å². The summed E-state index contributed by atoms with van der Waals surface area (Å²) in [7, 11) is 0. The van der Waals surface area contributed by atoms with Gasteiger partial charge in [-0.05, 0) is 30.7 Å². The van der Waals surface area contributed by atoms with Gasteiger partial charge in [-0.25, -0.2) is 0 Å². The van der Waals surface area contributed by atoms with Crippen LogP contribution in [-0.2, 0) is 11.3 Å². The van der Waals surface area contributed by atoms with Crippen LogP contribution in [0.4, 0.5) is 5.69 Å². The second-order valence-corrected chi connectivity index (χ2v) is 7.39. The molecule has 1 aliphatic rings. The number of carbonyl (C=O) groups is 1. The van der Waals surface area contributed by atoms with Crippen molar-refractivity contribution in [2.75, 3.05) is 44.2 Å². The van der Waals surface area contributed by atoms with Crippen LogP contribution in [0.2, 0.25) is 5.02 Å². The number of benzene rings is 2. The van der Waals surface area contributed by atoms with E-state index in [1.807, 2.05) is 48.2 Å². The lowest BCUT2D eigenvalue weighted by Crippen LogP contribution is -2.47. The first-order valence-corrected chi connectivity index (χ1v) is 10.1. The van der Waals surface area contributed by atoms with Crippen LogP contribution in [0, 0.1) is 0 Å². The van der Waals surface area contributed by atoms with Crippen LogP contribution in [0.1, 0.15) is 18.9 Å². The van der Waals surface area contributed by atoms with Crippen molar-refractivity contribution in [3.05, 3.63) is 65.2 Å². The fraction of sp³-hybridized carbons (Fsp3) is 0.409. The number of carbonyl (C=O) groups excluding carboxylic acids is 1. The lowest BCUT2D eigenvalue weighted by molar-refractivity contribution is -0.132. The normalized spacial score (nSPS) is 15.0. The molecule has 3 rings (SSSR count). The van der Waals surface area contributed by atoms with E-state index in [4.69, 9.17) is 11.6 Å². The predicted molar refractivity (Wildman–Crippen MR) is 112 cm³/mol. The Morgan fingerprint density at radius 3 is 2.44 bits per heavy atom. The number of piperazine rings is 1. The third-order valence-corrected chi connectivity index (χ3v) is 5.37. The highest BCUT2D eigenvalue weighted by Gasteiger charge is 2.19. The molecule has 0 bridgehead atoms. The molecule has 1 heterocycles. The highest BCUT2D eigenvalue weighted by atomic mass is 35.5. The number of hydrogen-bond acceptors (Lipinski definition) is 3. The molecule has 0 aliphatic carbocycles. The summed E-state index contributed by atoms with van der Waals surface area (Å²) >= 11 is 6.10. The predicted octanol–water partition coefficient (Wildman–Crippen LogP) is 3.90. The van der Waals surface area contributed by atoms with Crippen LogP contribution < -0.4 is 4.90 Å². The Morgan fingerprint density at radius 1 is 1.04 bits per heavy atom. The molecule has 1 saturated heterocycles. The SMILES string of the molecule is CCN(Cc1ccccc1)C(=O)CCN1CCN(c2cccc(Cl)c2)CC1. The van der Waals surface area contributed by atoms with Gasteiger partial charge >= 0.3 is 0 Å². The Bertz CT molecular complexity index is 729. The van der Waals surface area contributed by atoms with Gasteiger partial charge in [0.25, 0.3) is 0 Å². The molecule has 0 N–H and O–H groups in total. The highest BCUT2D eigenvalue weighted by Crippen LogP contribution is 2.20. The van der Waals surface area contributed by atoms with Crippen molar-refractivity contribution < 1.29 is 4.79 Å². The topological polar surface area (TPSA) is 26.8 Å². The average molecular weight is 386 g/mol. The van der Waals surface area contributed by atoms with Crippen LogP contribution in [0.5, 0.6) is 0 Å². The van der Waals surface area contributed by atoms with E-state index < -0.39 is 0 Å². The molecule has 5 heteroatoms. The maximum absolute atomic E-state index is 12.6. The van der Waals surface area contributed by atoms with Gasteiger partial charge in [0.05, 0.1) is 0 Å². The lowest BCUT2D eigenvalue weighted by atomic mass is 10.2. The van der Waals surface area contributed by atoms with Crippen molar-refractivity contribution in [1.29, 1.82) is 0 Å². The molecule has 4 nitrogen and oxygen atoms in total. The summed E-state index contributed by atoms with van der Waals surface area (Å²) in [5.74, 6) is 0.235. The van der Waals surface area contributed by atoms with Gasteiger partial charge in [0.15, 0.2) is 0 Å². The summed E-state index contributed by atoms with van der Waals surface area (Å²) in [6.45, 7) is 8.20. The number of hydrogen-bond donors (Lipinski definition) is 0. The van der Waals surface area contributed by atoms with E-state index in [1.165, 1.54) is 11.3 Å². The summed E-state index contributed by atoms with van der Waals surface area (Å²) in [5.41, 5.74) is 2.36. The van der Waals surface area contributed by atoms with Crippen LogP contribution in [-0.4, -0.2) is 55.0 Å². The third kappa shape index (κ3) is 5.72. The summed E-state index contributed by atoms with van der Waals surface area (Å²) in [6, 6.07) is 18.2. The van der Waals surface area contributed by atoms with E-state index in [2.05, 4.69) is 28.0 Å². The highest BCUT2D eigenvalue weighted by molar-refractivity contribution is 6.30. The average Bonchev–Trinajstić information content (AvgIpc) is 2.71. The quantitative estimate of drug-likeness (QED) is 0.723. The van der Waals surface area contributed by atoms with Gasteiger partial charge in [0.1, 0.15) is 0 Å². The van der Waals surface area contributed by atoms with Crippen molar-refractivity contribution in [1.82, 2.24) is 9.80 Å². The van der Waals surface area contributed by atoms with Gasteiger partial charge in [-0.1, -0.05) is 48.0 Å². The molecule has 1 amide bonds. The van der Waals surface area contributed by atoms with Crippen LogP contribution in [0.25, 0.3) is 0 Å². The molecular formula is C22H28ClN3O. The Kier molecular flexibility index (Phi) is 7.13. The van der Waals surface area contributed by atoms with Crippen LogP contribution >= 0.6 is 11.6 Å². The van der Waals surface area contributed by atoms with Gasteiger partial charge < -0.3 is 9.80 Å². The fourth-order valence-electron chi connectivity index (χ4n) is 3.49. The number of halogens is 1. The van der Waals surface area contributed by atoms with Crippen LogP contribution in [0.15, 0.2) is 54.6 Å². The minimum Gasteiger partial charge on any atom is -0.369 e. The molecule has 0 unspecified atom stereocenters. The van der Waals surface area contributed by atoms with E-state index in [1.54, 1.807) is 0 Å². The standard InChI is InChI=1S/C22H28ClN3O/c1-2-25(18-19-7-4-3-5-8-19)22(27)11-12-24-13-15-26(16-14-24)21-10-6-9-20(23)17-21/h3-10,17H,2,11-16,18H2,1H3. The van der Waals surface area contributed by atoms with E-state index in [0.29, 0.717) is 13.0 Å². The van der Waals surface area contributed by atoms with Gasteiger partial charge in [0, 0.05) is 62.9 Å². The monoisotopic (exact) mass is 385 g/mol. The fourth-order valence-corrected chi connectivity index (χ4v) is 3.68. The molecule has 1 aliphatic heterocycles. The second-order valence-electron chi connectivity index (χ2n) is 6.95. The minimum atomic E-state index is 0.235. The smallest absolute Gasteiger partial charge is 0.224 e. The Balaban J connectivity index is 1.44. The molecule has 2 aromatic carbocycles. The molecule has 0 atom stereocenters. The van der Waals surface area contributed by atoms with E-state index >= 15 is 0 Å². The molecule has 0 aromatic heterocycles. The second kappa shape index (κ2) is 9.77. The zero-order valence-corrected chi connectivity index (χ0v) is 16.7. The molecular weight excluding hydrogens is 358 g/mol. The van der Waals surface area contributed by atoms with Crippen molar-refractivity contribution in [2.45, 2.75) is 19.9 Å². The van der Waals surface area contributed by atoms with E-state index in [-0.39, 0.29) is 5.91 Å². The molecule has 2 aromatic rings. The lowest BCUT2D eigenvalue weighted by Gasteiger charge is -2.36. The zero-order chi connectivity index (χ0) is 19.1. The largest absolute Gasteiger partial charge is 0.369 e. The Hall–Kier alpha value is -2.04.